The van der Waals surface area contributed by atoms with Gasteiger partial charge in [-0.15, -0.1) is 0 Å². The van der Waals surface area contributed by atoms with Gasteiger partial charge >= 0.3 is 0 Å². The highest BCUT2D eigenvalue weighted by Crippen LogP contribution is 2.13. The zero-order valence-corrected chi connectivity index (χ0v) is 9.78. The molecule has 1 unspecified atom stereocenters. The molecule has 1 aromatic rings. The zero-order chi connectivity index (χ0) is 12.0. The molecular weight excluding hydrogens is 203 g/mol. The second kappa shape index (κ2) is 6.24. The van der Waals surface area contributed by atoms with Crippen molar-refractivity contribution < 1.29 is 4.39 Å². The summed E-state index contributed by atoms with van der Waals surface area (Å²) in [6.07, 6.45) is 1.39. The van der Waals surface area contributed by atoms with Crippen molar-refractivity contribution in [2.75, 3.05) is 7.05 Å². The fraction of sp³-hybridized carbons (Fsp3) is 0.462. The number of halogens is 1. The van der Waals surface area contributed by atoms with E-state index < -0.39 is 0 Å². The molecule has 0 aromatic heterocycles. The number of rotatable bonds is 5. The van der Waals surface area contributed by atoms with Crippen molar-refractivity contribution in [3.63, 3.8) is 0 Å². The van der Waals surface area contributed by atoms with Crippen LogP contribution >= 0.6 is 0 Å². The molecule has 1 rings (SSSR count). The van der Waals surface area contributed by atoms with Gasteiger partial charge in [0.25, 0.3) is 0 Å². The van der Waals surface area contributed by atoms with E-state index in [1.807, 2.05) is 24.9 Å². The average molecular weight is 220 g/mol. The first-order valence-electron chi connectivity index (χ1n) is 5.49. The normalized spacial score (nSPS) is 12.4. The van der Waals surface area contributed by atoms with Crippen LogP contribution in [-0.2, 0) is 6.54 Å². The highest BCUT2D eigenvalue weighted by molar-refractivity contribution is 5.17. The second-order valence-electron chi connectivity index (χ2n) is 3.93. The van der Waals surface area contributed by atoms with Gasteiger partial charge in [0.1, 0.15) is 5.82 Å². The molecule has 0 spiro atoms. The molecule has 1 aromatic carbocycles. The molecular formula is C13H17FN2. The first-order valence-corrected chi connectivity index (χ1v) is 5.49. The number of benzene rings is 1. The van der Waals surface area contributed by atoms with Gasteiger partial charge < -0.3 is 0 Å². The van der Waals surface area contributed by atoms with Crippen molar-refractivity contribution in [2.45, 2.75) is 32.4 Å². The Morgan fingerprint density at radius 3 is 2.69 bits per heavy atom. The van der Waals surface area contributed by atoms with Gasteiger partial charge in [-0.1, -0.05) is 25.1 Å². The van der Waals surface area contributed by atoms with Crippen molar-refractivity contribution in [1.29, 1.82) is 5.26 Å². The van der Waals surface area contributed by atoms with Gasteiger partial charge in [-0.25, -0.2) is 4.39 Å². The van der Waals surface area contributed by atoms with Crippen molar-refractivity contribution in [2.24, 2.45) is 0 Å². The van der Waals surface area contributed by atoms with E-state index >= 15 is 0 Å². The predicted molar refractivity (Wildman–Crippen MR) is 62.2 cm³/mol. The molecule has 86 valence electrons. The van der Waals surface area contributed by atoms with Crippen LogP contribution in [0, 0.1) is 17.1 Å². The summed E-state index contributed by atoms with van der Waals surface area (Å²) < 4.78 is 13.4. The highest BCUT2D eigenvalue weighted by atomic mass is 19.1. The summed E-state index contributed by atoms with van der Waals surface area (Å²) in [4.78, 5) is 2.03. The standard InChI is InChI=1S/C13H17FN2/c1-3-12(8-9-15)16(2)10-11-6-4-5-7-13(11)14/h4-7,12H,3,8,10H2,1-2H3. The maximum Gasteiger partial charge on any atom is 0.127 e. The summed E-state index contributed by atoms with van der Waals surface area (Å²) in [5.41, 5.74) is 0.682. The zero-order valence-electron chi connectivity index (χ0n) is 9.78. The van der Waals surface area contributed by atoms with E-state index in [0.29, 0.717) is 18.5 Å². The van der Waals surface area contributed by atoms with E-state index in [4.69, 9.17) is 5.26 Å². The Balaban J connectivity index is 2.67. The highest BCUT2D eigenvalue weighted by Gasteiger charge is 2.13. The minimum Gasteiger partial charge on any atom is -0.298 e. The molecule has 0 amide bonds. The lowest BCUT2D eigenvalue weighted by Crippen LogP contribution is -2.30. The molecule has 0 radical (unpaired) electrons. The lowest BCUT2D eigenvalue weighted by Gasteiger charge is -2.25. The molecule has 1 atom stereocenters. The Kier molecular flexibility index (Phi) is 4.94. The topological polar surface area (TPSA) is 27.0 Å². The van der Waals surface area contributed by atoms with E-state index in [-0.39, 0.29) is 11.9 Å². The molecule has 0 saturated heterocycles. The molecule has 0 saturated carbocycles. The van der Waals surface area contributed by atoms with Crippen molar-refractivity contribution in [3.05, 3.63) is 35.6 Å². The largest absolute Gasteiger partial charge is 0.298 e. The Morgan fingerprint density at radius 2 is 2.12 bits per heavy atom. The minimum atomic E-state index is -0.179. The van der Waals surface area contributed by atoms with E-state index in [1.54, 1.807) is 12.1 Å². The van der Waals surface area contributed by atoms with E-state index in [9.17, 15) is 4.39 Å². The van der Waals surface area contributed by atoms with Gasteiger partial charge in [-0.3, -0.25) is 4.90 Å². The molecule has 0 aliphatic heterocycles. The van der Waals surface area contributed by atoms with Gasteiger partial charge in [-0.2, -0.15) is 5.26 Å². The first kappa shape index (κ1) is 12.7. The summed E-state index contributed by atoms with van der Waals surface area (Å²) in [5.74, 6) is -0.179. The van der Waals surface area contributed by atoms with Crippen molar-refractivity contribution >= 4 is 0 Å². The van der Waals surface area contributed by atoms with Gasteiger partial charge in [0.2, 0.25) is 0 Å². The van der Waals surface area contributed by atoms with Gasteiger partial charge in [0, 0.05) is 18.2 Å². The Bertz CT molecular complexity index is 370. The Hall–Kier alpha value is -1.40. The number of nitrogens with zero attached hydrogens (tertiary/aromatic N) is 2. The molecule has 0 fully saturated rings. The number of hydrogen-bond donors (Lipinski definition) is 0. The maximum atomic E-state index is 13.4. The third-order valence-corrected chi connectivity index (χ3v) is 2.80. The molecule has 3 heteroatoms. The summed E-state index contributed by atoms with van der Waals surface area (Å²) in [6.45, 7) is 2.59. The summed E-state index contributed by atoms with van der Waals surface area (Å²) >= 11 is 0. The molecule has 16 heavy (non-hydrogen) atoms. The summed E-state index contributed by atoms with van der Waals surface area (Å²) in [6, 6.07) is 9.13. The molecule has 0 heterocycles. The Labute approximate surface area is 96.3 Å². The van der Waals surface area contributed by atoms with Crippen LogP contribution < -0.4 is 0 Å². The second-order valence-corrected chi connectivity index (χ2v) is 3.93. The average Bonchev–Trinajstić information content (AvgIpc) is 2.29. The van der Waals surface area contributed by atoms with Crippen LogP contribution in [0.5, 0.6) is 0 Å². The van der Waals surface area contributed by atoms with Gasteiger partial charge in [0.05, 0.1) is 12.5 Å². The van der Waals surface area contributed by atoms with E-state index in [2.05, 4.69) is 6.07 Å². The van der Waals surface area contributed by atoms with Crippen LogP contribution in [0.1, 0.15) is 25.3 Å². The molecule has 0 bridgehead atoms. The fourth-order valence-electron chi connectivity index (χ4n) is 1.74. The van der Waals surface area contributed by atoms with Gasteiger partial charge in [-0.05, 0) is 19.5 Å². The quantitative estimate of drug-likeness (QED) is 0.762. The van der Waals surface area contributed by atoms with Crippen LogP contribution in [0.4, 0.5) is 4.39 Å². The van der Waals surface area contributed by atoms with Crippen LogP contribution in [0.15, 0.2) is 24.3 Å². The van der Waals surface area contributed by atoms with Crippen molar-refractivity contribution in [1.82, 2.24) is 4.90 Å². The third-order valence-electron chi connectivity index (χ3n) is 2.80. The molecule has 2 nitrogen and oxygen atoms in total. The van der Waals surface area contributed by atoms with E-state index in [0.717, 1.165) is 6.42 Å². The number of nitriles is 1. The van der Waals surface area contributed by atoms with E-state index in [1.165, 1.54) is 6.07 Å². The lowest BCUT2D eigenvalue weighted by atomic mass is 10.1. The molecule has 0 N–H and O–H groups in total. The van der Waals surface area contributed by atoms with Crippen molar-refractivity contribution in [3.8, 4) is 6.07 Å². The molecule has 0 aliphatic carbocycles. The third kappa shape index (κ3) is 3.32. The smallest absolute Gasteiger partial charge is 0.127 e. The monoisotopic (exact) mass is 220 g/mol. The SMILES string of the molecule is CCC(CC#N)N(C)Cc1ccccc1F. The first-order chi connectivity index (χ1) is 7.69. The molecule has 0 aliphatic rings. The van der Waals surface area contributed by atoms with Crippen LogP contribution in [0.2, 0.25) is 0 Å². The lowest BCUT2D eigenvalue weighted by molar-refractivity contribution is 0.227. The van der Waals surface area contributed by atoms with Crippen LogP contribution in [0.3, 0.4) is 0 Å². The summed E-state index contributed by atoms with van der Waals surface area (Å²) in [5, 5.41) is 8.69. The fourth-order valence-corrected chi connectivity index (χ4v) is 1.74. The van der Waals surface area contributed by atoms with Gasteiger partial charge in [0.15, 0.2) is 0 Å². The number of hydrogen-bond acceptors (Lipinski definition) is 2. The summed E-state index contributed by atoms with van der Waals surface area (Å²) in [7, 11) is 1.93. The van der Waals surface area contributed by atoms with Crippen LogP contribution in [-0.4, -0.2) is 18.0 Å². The maximum absolute atomic E-state index is 13.4. The minimum absolute atomic E-state index is 0.179. The van der Waals surface area contributed by atoms with Crippen LogP contribution in [0.25, 0.3) is 0 Å². The predicted octanol–water partition coefficient (Wildman–Crippen LogP) is 2.95. The Morgan fingerprint density at radius 1 is 1.44 bits per heavy atom.